The Bertz CT molecular complexity index is 442. The Labute approximate surface area is 109 Å². The molecular formula is C11H15BrN2OS. The van der Waals surface area contributed by atoms with E-state index < -0.39 is 0 Å². The molecule has 3 nitrogen and oxygen atoms in total. The zero-order valence-electron chi connectivity index (χ0n) is 9.42. The van der Waals surface area contributed by atoms with Crippen molar-refractivity contribution in [2.45, 2.75) is 38.2 Å². The lowest BCUT2D eigenvalue weighted by molar-refractivity contribution is 0.117. The Morgan fingerprint density at radius 2 is 2.31 bits per heavy atom. The van der Waals surface area contributed by atoms with E-state index in [4.69, 9.17) is 17.0 Å². The van der Waals surface area contributed by atoms with Crippen LogP contribution in [-0.2, 0) is 11.2 Å². The van der Waals surface area contributed by atoms with Crippen LogP contribution in [-0.4, -0.2) is 23.2 Å². The molecule has 1 atom stereocenters. The Kier molecular flexibility index (Phi) is 3.77. The van der Waals surface area contributed by atoms with Crippen molar-refractivity contribution in [3.8, 4) is 0 Å². The Morgan fingerprint density at radius 3 is 2.88 bits per heavy atom. The van der Waals surface area contributed by atoms with Crippen molar-refractivity contribution < 1.29 is 4.74 Å². The first-order valence-electron chi connectivity index (χ1n) is 5.43. The number of hydrogen-bond acceptors (Lipinski definition) is 3. The van der Waals surface area contributed by atoms with E-state index in [1.165, 1.54) is 18.5 Å². The molecule has 0 aliphatic heterocycles. The number of ether oxygens (including phenoxy) is 1. The summed E-state index contributed by atoms with van der Waals surface area (Å²) in [7, 11) is 1.71. The molecular weight excluding hydrogens is 288 g/mol. The molecule has 1 fully saturated rings. The molecule has 1 heterocycles. The lowest BCUT2D eigenvalue weighted by Crippen LogP contribution is -2.12. The number of nitrogens with one attached hydrogen (secondary N) is 1. The predicted molar refractivity (Wildman–Crippen MR) is 69.3 cm³/mol. The third-order valence-corrected chi connectivity index (χ3v) is 4.17. The van der Waals surface area contributed by atoms with Gasteiger partial charge in [-0.3, -0.25) is 0 Å². The number of nitrogens with zero attached hydrogens (tertiary/aromatic N) is 1. The van der Waals surface area contributed by atoms with E-state index in [1.807, 2.05) is 6.92 Å². The van der Waals surface area contributed by atoms with E-state index in [0.29, 0.717) is 10.6 Å². The van der Waals surface area contributed by atoms with Crippen LogP contribution in [0.5, 0.6) is 0 Å². The average molecular weight is 303 g/mol. The lowest BCUT2D eigenvalue weighted by atomic mass is 10.2. The number of rotatable bonds is 4. The molecule has 1 aromatic rings. The van der Waals surface area contributed by atoms with Gasteiger partial charge in [0.05, 0.1) is 10.6 Å². The second-order valence-corrected chi connectivity index (χ2v) is 5.42. The van der Waals surface area contributed by atoms with Crippen molar-refractivity contribution >= 4 is 28.1 Å². The van der Waals surface area contributed by atoms with Crippen molar-refractivity contribution in [1.82, 2.24) is 9.97 Å². The van der Waals surface area contributed by atoms with E-state index in [2.05, 4.69) is 25.9 Å². The molecule has 2 rings (SSSR count). The summed E-state index contributed by atoms with van der Waals surface area (Å²) in [6.07, 6.45) is 3.42. The molecule has 5 heteroatoms. The summed E-state index contributed by atoms with van der Waals surface area (Å²) in [4.78, 5) is 7.74. The van der Waals surface area contributed by atoms with Gasteiger partial charge in [0, 0.05) is 25.1 Å². The number of aromatic amines is 1. The van der Waals surface area contributed by atoms with Gasteiger partial charge in [0.15, 0.2) is 0 Å². The molecule has 0 saturated heterocycles. The Morgan fingerprint density at radius 1 is 1.62 bits per heavy atom. The minimum absolute atomic E-state index is 0.159. The van der Waals surface area contributed by atoms with Crippen LogP contribution < -0.4 is 0 Å². The van der Waals surface area contributed by atoms with E-state index >= 15 is 0 Å². The van der Waals surface area contributed by atoms with Crippen molar-refractivity contribution in [1.29, 1.82) is 0 Å². The molecule has 0 spiro atoms. The van der Waals surface area contributed by atoms with E-state index in [-0.39, 0.29) is 6.10 Å². The average Bonchev–Trinajstić information content (AvgIpc) is 3.06. The third kappa shape index (κ3) is 2.70. The SMILES string of the molecule is COC(C)Cc1nc(=S)c(Br)c(C2CC2)[nH]1. The van der Waals surface area contributed by atoms with Crippen LogP contribution in [0.1, 0.15) is 37.2 Å². The fourth-order valence-electron chi connectivity index (χ4n) is 1.63. The lowest BCUT2D eigenvalue weighted by Gasteiger charge is -2.11. The van der Waals surface area contributed by atoms with Crippen molar-refractivity contribution in [3.63, 3.8) is 0 Å². The van der Waals surface area contributed by atoms with E-state index in [1.54, 1.807) is 7.11 Å². The standard InChI is InChI=1S/C11H15BrN2OS/c1-6(15-2)5-8-13-10(7-3-4-7)9(12)11(16)14-8/h6-7H,3-5H2,1-2H3,(H,13,14,16). The minimum atomic E-state index is 0.159. The van der Waals surface area contributed by atoms with Crippen molar-refractivity contribution in [2.75, 3.05) is 7.11 Å². The summed E-state index contributed by atoms with van der Waals surface area (Å²) in [5.41, 5.74) is 1.21. The maximum absolute atomic E-state index is 5.25. The number of H-pyrrole nitrogens is 1. The van der Waals surface area contributed by atoms with Gasteiger partial charge in [-0.25, -0.2) is 4.98 Å². The van der Waals surface area contributed by atoms with Gasteiger partial charge in [0.25, 0.3) is 0 Å². The van der Waals surface area contributed by atoms with Crippen LogP contribution in [0.15, 0.2) is 4.47 Å². The second kappa shape index (κ2) is 4.94. The summed E-state index contributed by atoms with van der Waals surface area (Å²) in [6.45, 7) is 2.03. The first-order valence-corrected chi connectivity index (χ1v) is 6.63. The highest BCUT2D eigenvalue weighted by molar-refractivity contribution is 9.10. The molecule has 1 saturated carbocycles. The van der Waals surface area contributed by atoms with Gasteiger partial charge in [0.1, 0.15) is 10.5 Å². The number of halogens is 1. The van der Waals surface area contributed by atoms with E-state index in [9.17, 15) is 0 Å². The van der Waals surface area contributed by atoms with Crippen LogP contribution in [0, 0.1) is 4.64 Å². The molecule has 16 heavy (non-hydrogen) atoms. The monoisotopic (exact) mass is 302 g/mol. The zero-order valence-corrected chi connectivity index (χ0v) is 11.8. The van der Waals surface area contributed by atoms with Gasteiger partial charge in [-0.05, 0) is 35.7 Å². The highest BCUT2D eigenvalue weighted by Crippen LogP contribution is 2.42. The number of aromatic nitrogens is 2. The molecule has 0 bridgehead atoms. The third-order valence-electron chi connectivity index (χ3n) is 2.81. The molecule has 1 aliphatic rings. The highest BCUT2D eigenvalue weighted by atomic mass is 79.9. The smallest absolute Gasteiger partial charge is 0.144 e. The summed E-state index contributed by atoms with van der Waals surface area (Å²) < 4.78 is 6.84. The fourth-order valence-corrected chi connectivity index (χ4v) is 2.36. The normalized spacial score (nSPS) is 17.4. The van der Waals surface area contributed by atoms with Crippen LogP contribution >= 0.6 is 28.1 Å². The van der Waals surface area contributed by atoms with E-state index in [0.717, 1.165) is 16.7 Å². The van der Waals surface area contributed by atoms with Gasteiger partial charge in [0.2, 0.25) is 0 Å². The topological polar surface area (TPSA) is 37.9 Å². The molecule has 0 amide bonds. The Hall–Kier alpha value is -0.260. The summed E-state index contributed by atoms with van der Waals surface area (Å²) in [5.74, 6) is 1.56. The second-order valence-electron chi connectivity index (χ2n) is 4.24. The molecule has 1 N–H and O–H groups in total. The minimum Gasteiger partial charge on any atom is -0.381 e. The largest absolute Gasteiger partial charge is 0.381 e. The summed E-state index contributed by atoms with van der Waals surface area (Å²) >= 11 is 8.75. The number of methoxy groups -OCH3 is 1. The number of hydrogen-bond donors (Lipinski definition) is 1. The zero-order chi connectivity index (χ0) is 11.7. The molecule has 88 valence electrons. The molecule has 1 unspecified atom stereocenters. The fraction of sp³-hybridized carbons (Fsp3) is 0.636. The molecule has 0 radical (unpaired) electrons. The van der Waals surface area contributed by atoms with Gasteiger partial charge in [-0.1, -0.05) is 12.2 Å². The Balaban J connectivity index is 2.29. The van der Waals surface area contributed by atoms with Gasteiger partial charge in [-0.15, -0.1) is 0 Å². The molecule has 1 aromatic heterocycles. The quantitative estimate of drug-likeness (QED) is 0.867. The maximum atomic E-state index is 5.25. The summed E-state index contributed by atoms with van der Waals surface area (Å²) in [5, 5.41) is 0. The van der Waals surface area contributed by atoms with Gasteiger partial charge < -0.3 is 9.72 Å². The van der Waals surface area contributed by atoms with Gasteiger partial charge in [-0.2, -0.15) is 0 Å². The highest BCUT2D eigenvalue weighted by Gasteiger charge is 2.27. The predicted octanol–water partition coefficient (Wildman–Crippen LogP) is 3.36. The van der Waals surface area contributed by atoms with Crippen LogP contribution in [0.25, 0.3) is 0 Å². The molecule has 0 aromatic carbocycles. The van der Waals surface area contributed by atoms with Crippen molar-refractivity contribution in [3.05, 3.63) is 20.6 Å². The van der Waals surface area contributed by atoms with Crippen LogP contribution in [0.4, 0.5) is 0 Å². The van der Waals surface area contributed by atoms with Crippen molar-refractivity contribution in [2.24, 2.45) is 0 Å². The maximum Gasteiger partial charge on any atom is 0.144 e. The van der Waals surface area contributed by atoms with Gasteiger partial charge >= 0.3 is 0 Å². The summed E-state index contributed by atoms with van der Waals surface area (Å²) in [6, 6.07) is 0. The first kappa shape index (κ1) is 12.2. The van der Waals surface area contributed by atoms with Crippen LogP contribution in [0.2, 0.25) is 0 Å². The van der Waals surface area contributed by atoms with Crippen LogP contribution in [0.3, 0.4) is 0 Å². The molecule has 1 aliphatic carbocycles. The first-order chi connectivity index (χ1) is 7.61.